The van der Waals surface area contributed by atoms with Crippen molar-refractivity contribution in [3.63, 3.8) is 0 Å². The highest BCUT2D eigenvalue weighted by Gasteiger charge is 2.17. The van der Waals surface area contributed by atoms with Crippen molar-refractivity contribution in [3.05, 3.63) is 11.8 Å². The van der Waals surface area contributed by atoms with Crippen molar-refractivity contribution < 1.29 is 19.7 Å². The van der Waals surface area contributed by atoms with Crippen molar-refractivity contribution in [3.8, 4) is 6.07 Å². The minimum atomic E-state index is -0.490. The molecule has 0 atom stereocenters. The highest BCUT2D eigenvalue weighted by atomic mass is 16.5. The van der Waals surface area contributed by atoms with Crippen LogP contribution in [0.2, 0.25) is 0 Å². The molecule has 0 aromatic rings. The van der Waals surface area contributed by atoms with E-state index in [4.69, 9.17) is 20.2 Å². The molecule has 1 heterocycles. The molecular formula is C15H26N4O4. The van der Waals surface area contributed by atoms with Gasteiger partial charge in [-0.1, -0.05) is 0 Å². The van der Waals surface area contributed by atoms with Gasteiger partial charge in [-0.15, -0.1) is 0 Å². The van der Waals surface area contributed by atoms with Gasteiger partial charge in [0, 0.05) is 38.9 Å². The lowest BCUT2D eigenvalue weighted by molar-refractivity contribution is -0.127. The molecule has 1 aliphatic heterocycles. The van der Waals surface area contributed by atoms with E-state index < -0.39 is 5.91 Å². The maximum absolute atomic E-state index is 12.1. The summed E-state index contributed by atoms with van der Waals surface area (Å²) in [4.78, 5) is 15.7. The molecule has 0 aromatic carbocycles. The number of aliphatic hydroxyl groups excluding tert-OH is 2. The Morgan fingerprint density at radius 3 is 2.52 bits per heavy atom. The van der Waals surface area contributed by atoms with Crippen LogP contribution in [0.3, 0.4) is 0 Å². The lowest BCUT2D eigenvalue weighted by Gasteiger charge is -2.26. The van der Waals surface area contributed by atoms with E-state index in [1.165, 1.54) is 11.1 Å². The maximum atomic E-state index is 12.1. The summed E-state index contributed by atoms with van der Waals surface area (Å²) in [5, 5.41) is 29.9. The smallest absolute Gasteiger partial charge is 0.266 e. The number of morpholine rings is 1. The van der Waals surface area contributed by atoms with E-state index in [2.05, 4.69) is 10.2 Å². The average molecular weight is 326 g/mol. The molecule has 0 saturated carbocycles. The molecule has 1 rings (SSSR count). The number of nitrogens with one attached hydrogen (secondary N) is 1. The van der Waals surface area contributed by atoms with Crippen molar-refractivity contribution in [1.82, 2.24) is 15.1 Å². The van der Waals surface area contributed by atoms with Crippen LogP contribution in [0.4, 0.5) is 0 Å². The molecule has 1 amide bonds. The Morgan fingerprint density at radius 1 is 1.30 bits per heavy atom. The van der Waals surface area contributed by atoms with Crippen LogP contribution in [-0.2, 0) is 9.53 Å². The number of carbonyl (C=O) groups excluding carboxylic acids is 1. The van der Waals surface area contributed by atoms with E-state index in [0.29, 0.717) is 6.54 Å². The van der Waals surface area contributed by atoms with E-state index >= 15 is 0 Å². The summed E-state index contributed by atoms with van der Waals surface area (Å²) in [6.07, 6.45) is 2.31. The van der Waals surface area contributed by atoms with Gasteiger partial charge in [-0.3, -0.25) is 9.69 Å². The Labute approximate surface area is 136 Å². The Kier molecular flexibility index (Phi) is 9.99. The van der Waals surface area contributed by atoms with E-state index in [-0.39, 0.29) is 31.9 Å². The quantitative estimate of drug-likeness (QED) is 0.255. The minimum Gasteiger partial charge on any atom is -0.395 e. The van der Waals surface area contributed by atoms with Gasteiger partial charge < -0.3 is 25.2 Å². The molecule has 130 valence electrons. The number of nitriles is 1. The molecule has 23 heavy (non-hydrogen) atoms. The fourth-order valence-corrected chi connectivity index (χ4v) is 2.27. The summed E-state index contributed by atoms with van der Waals surface area (Å²) in [5.74, 6) is -0.490. The molecule has 1 saturated heterocycles. The number of hydrogen-bond donors (Lipinski definition) is 3. The zero-order chi connectivity index (χ0) is 16.9. The lowest BCUT2D eigenvalue weighted by Crippen LogP contribution is -2.38. The van der Waals surface area contributed by atoms with Crippen molar-refractivity contribution in [2.45, 2.75) is 6.42 Å². The van der Waals surface area contributed by atoms with Crippen LogP contribution in [0.15, 0.2) is 11.8 Å². The number of aliphatic hydroxyl groups is 2. The van der Waals surface area contributed by atoms with E-state index in [9.17, 15) is 4.79 Å². The fourth-order valence-electron chi connectivity index (χ4n) is 2.27. The van der Waals surface area contributed by atoms with Gasteiger partial charge in [-0.05, 0) is 13.0 Å². The van der Waals surface area contributed by atoms with Crippen molar-refractivity contribution >= 4 is 5.91 Å². The van der Waals surface area contributed by atoms with Crippen LogP contribution in [0.1, 0.15) is 6.42 Å². The Bertz CT molecular complexity index is 410. The molecule has 8 nitrogen and oxygen atoms in total. The van der Waals surface area contributed by atoms with Crippen LogP contribution < -0.4 is 5.32 Å². The van der Waals surface area contributed by atoms with Gasteiger partial charge in [0.2, 0.25) is 0 Å². The normalized spacial score (nSPS) is 16.0. The van der Waals surface area contributed by atoms with Crippen LogP contribution in [0.5, 0.6) is 0 Å². The number of hydrogen-bond acceptors (Lipinski definition) is 7. The third-order valence-corrected chi connectivity index (χ3v) is 3.52. The predicted molar refractivity (Wildman–Crippen MR) is 84.3 cm³/mol. The SMILES string of the molecule is N#C/C(=C/NCCCN1CCOCC1)C(=O)N(CCO)CCO. The number of nitrogens with zero attached hydrogens (tertiary/aromatic N) is 3. The van der Waals surface area contributed by atoms with Gasteiger partial charge >= 0.3 is 0 Å². The van der Waals surface area contributed by atoms with Gasteiger partial charge in [-0.2, -0.15) is 5.26 Å². The molecule has 0 bridgehead atoms. The Hall–Kier alpha value is -1.66. The Balaban J connectivity index is 2.35. The third kappa shape index (κ3) is 7.43. The second-order valence-electron chi connectivity index (χ2n) is 5.17. The molecule has 0 aliphatic carbocycles. The van der Waals surface area contributed by atoms with Crippen molar-refractivity contribution in [2.75, 3.05) is 65.7 Å². The minimum absolute atomic E-state index is 0.0294. The lowest BCUT2D eigenvalue weighted by atomic mass is 10.2. The van der Waals surface area contributed by atoms with Crippen LogP contribution in [0, 0.1) is 11.3 Å². The van der Waals surface area contributed by atoms with Gasteiger partial charge in [0.05, 0.1) is 26.4 Å². The molecule has 0 unspecified atom stereocenters. The van der Waals surface area contributed by atoms with Crippen LogP contribution in [0.25, 0.3) is 0 Å². The van der Waals surface area contributed by atoms with Gasteiger partial charge in [0.25, 0.3) is 5.91 Å². The number of ether oxygens (including phenoxy) is 1. The monoisotopic (exact) mass is 326 g/mol. The highest BCUT2D eigenvalue weighted by Crippen LogP contribution is 2.01. The van der Waals surface area contributed by atoms with E-state index in [1.807, 2.05) is 6.07 Å². The van der Waals surface area contributed by atoms with E-state index in [0.717, 1.165) is 39.3 Å². The van der Waals surface area contributed by atoms with Gasteiger partial charge in [0.15, 0.2) is 0 Å². The second-order valence-corrected chi connectivity index (χ2v) is 5.17. The predicted octanol–water partition coefficient (Wildman–Crippen LogP) is -1.48. The fraction of sp³-hybridized carbons (Fsp3) is 0.733. The molecule has 1 fully saturated rings. The molecule has 1 aliphatic rings. The van der Waals surface area contributed by atoms with Gasteiger partial charge in [-0.25, -0.2) is 0 Å². The first-order chi connectivity index (χ1) is 11.2. The molecule has 0 radical (unpaired) electrons. The molecule has 3 N–H and O–H groups in total. The molecule has 0 aromatic heterocycles. The van der Waals surface area contributed by atoms with Crippen molar-refractivity contribution in [1.29, 1.82) is 5.26 Å². The van der Waals surface area contributed by atoms with Crippen molar-refractivity contribution in [2.24, 2.45) is 0 Å². The topological polar surface area (TPSA) is 109 Å². The van der Waals surface area contributed by atoms with Crippen LogP contribution >= 0.6 is 0 Å². The average Bonchev–Trinajstić information content (AvgIpc) is 2.58. The second kappa shape index (κ2) is 11.8. The summed E-state index contributed by atoms with van der Waals surface area (Å²) in [5.41, 5.74) is -0.0294. The molecule has 0 spiro atoms. The summed E-state index contributed by atoms with van der Waals surface area (Å²) >= 11 is 0. The van der Waals surface area contributed by atoms with E-state index in [1.54, 1.807) is 0 Å². The number of carbonyl (C=O) groups is 1. The third-order valence-electron chi connectivity index (χ3n) is 3.52. The van der Waals surface area contributed by atoms with Crippen LogP contribution in [-0.4, -0.2) is 91.6 Å². The summed E-state index contributed by atoms with van der Waals surface area (Å²) in [6, 6.07) is 1.86. The highest BCUT2D eigenvalue weighted by molar-refractivity contribution is 5.97. The number of amides is 1. The number of rotatable bonds is 10. The standard InChI is InChI=1S/C15H26N4O4/c16-12-14(15(22)19(4-8-20)5-9-21)13-17-2-1-3-18-6-10-23-11-7-18/h13,17,20-21H,1-11H2/b14-13-. The zero-order valence-electron chi connectivity index (χ0n) is 13.4. The summed E-state index contributed by atoms with van der Waals surface area (Å²) < 4.78 is 5.28. The first-order valence-electron chi connectivity index (χ1n) is 7.87. The summed E-state index contributed by atoms with van der Waals surface area (Å²) in [6.45, 7) is 4.79. The first-order valence-corrected chi connectivity index (χ1v) is 7.87. The first kappa shape index (κ1) is 19.4. The maximum Gasteiger partial charge on any atom is 0.266 e. The molecular weight excluding hydrogens is 300 g/mol. The Morgan fingerprint density at radius 2 is 1.96 bits per heavy atom. The molecule has 8 heteroatoms. The zero-order valence-corrected chi connectivity index (χ0v) is 13.4. The van der Waals surface area contributed by atoms with Gasteiger partial charge in [0.1, 0.15) is 11.6 Å². The summed E-state index contributed by atoms with van der Waals surface area (Å²) in [7, 11) is 0. The largest absolute Gasteiger partial charge is 0.395 e.